The molecule has 9 nitrogen and oxygen atoms in total. The van der Waals surface area contributed by atoms with Crippen LogP contribution in [0.4, 0.5) is 20.3 Å². The molecule has 2 aromatic heterocycles. The molecule has 2 N–H and O–H groups in total. The molecule has 1 saturated heterocycles. The van der Waals surface area contributed by atoms with Gasteiger partial charge in [-0.1, -0.05) is 44.7 Å². The molecule has 2 aromatic carbocycles. The molecule has 0 spiro atoms. The van der Waals surface area contributed by atoms with Crippen LogP contribution in [0.25, 0.3) is 22.5 Å². The molecule has 2 unspecified atom stereocenters. The minimum atomic E-state index is -0.268. The van der Waals surface area contributed by atoms with Crippen molar-refractivity contribution in [2.45, 2.75) is 59.7 Å². The lowest BCUT2D eigenvalue weighted by atomic mass is 10.00. The van der Waals surface area contributed by atoms with Gasteiger partial charge in [-0.3, -0.25) is 19.3 Å². The molecule has 2 atom stereocenters. The van der Waals surface area contributed by atoms with Gasteiger partial charge in [0.2, 0.25) is 0 Å². The van der Waals surface area contributed by atoms with Crippen LogP contribution in [0.5, 0.6) is 0 Å². The van der Waals surface area contributed by atoms with E-state index in [1.807, 2.05) is 38.7 Å². The monoisotopic (exact) mass is 723 g/mol. The molecular weight excluding hydrogens is 669 g/mol. The highest BCUT2D eigenvalue weighted by atomic mass is 19.1. The molecule has 5 heterocycles. The molecule has 53 heavy (non-hydrogen) atoms. The number of hydrogen-bond donors (Lipinski definition) is 2. The third kappa shape index (κ3) is 7.72. The maximum absolute atomic E-state index is 14.0. The maximum Gasteiger partial charge on any atom is 0.126 e. The summed E-state index contributed by atoms with van der Waals surface area (Å²) in [5.41, 5.74) is 12.7. The fourth-order valence-electron chi connectivity index (χ4n) is 7.85. The Morgan fingerprint density at radius 2 is 1.75 bits per heavy atom. The number of allylic oxidation sites excluding steroid dienone is 1. The van der Waals surface area contributed by atoms with Crippen molar-refractivity contribution in [1.82, 2.24) is 34.9 Å². The van der Waals surface area contributed by atoms with Crippen LogP contribution in [0.2, 0.25) is 0 Å². The molecule has 11 heteroatoms. The van der Waals surface area contributed by atoms with Crippen molar-refractivity contribution in [2.75, 3.05) is 58.3 Å². The van der Waals surface area contributed by atoms with E-state index in [1.165, 1.54) is 29.0 Å². The molecule has 7 rings (SSSR count). The predicted molar refractivity (Wildman–Crippen MR) is 215 cm³/mol. The van der Waals surface area contributed by atoms with E-state index in [9.17, 15) is 8.78 Å². The van der Waals surface area contributed by atoms with Crippen molar-refractivity contribution >= 4 is 17.1 Å². The summed E-state index contributed by atoms with van der Waals surface area (Å²) < 4.78 is 25.5. The van der Waals surface area contributed by atoms with Crippen LogP contribution in [0.1, 0.15) is 49.6 Å². The molecule has 1 fully saturated rings. The highest BCUT2D eigenvalue weighted by Gasteiger charge is 2.41. The van der Waals surface area contributed by atoms with Gasteiger partial charge in [-0.2, -0.15) is 5.10 Å². The van der Waals surface area contributed by atoms with Crippen LogP contribution >= 0.6 is 0 Å². The third-order valence-electron chi connectivity index (χ3n) is 9.91. The largest absolute Gasteiger partial charge is 0.365 e. The van der Waals surface area contributed by atoms with Crippen molar-refractivity contribution in [3.8, 4) is 16.9 Å². The van der Waals surface area contributed by atoms with Gasteiger partial charge in [0.15, 0.2) is 0 Å². The minimum Gasteiger partial charge on any atom is -0.365 e. The Balaban J connectivity index is 0.00000131. The zero-order valence-corrected chi connectivity index (χ0v) is 32.8. The Labute approximate surface area is 314 Å². The highest BCUT2D eigenvalue weighted by molar-refractivity contribution is 5.81. The van der Waals surface area contributed by atoms with Crippen molar-refractivity contribution < 1.29 is 8.78 Å². The van der Waals surface area contributed by atoms with Crippen LogP contribution in [0.15, 0.2) is 91.0 Å². The molecule has 4 aromatic rings. The summed E-state index contributed by atoms with van der Waals surface area (Å²) in [4.78, 5) is 10.1. The van der Waals surface area contributed by atoms with Crippen LogP contribution < -0.4 is 15.6 Å². The van der Waals surface area contributed by atoms with Crippen LogP contribution in [0, 0.1) is 19.7 Å². The Kier molecular flexibility index (Phi) is 12.4. The standard InChI is InChI=1S/C39H46FN9.C2H6.CH3F/c1-24(2)49-38-26(4)16-25(3)17-32(38)34-10-9-11-37(44-34)43-30-18-35(27(5)46(49)8)47(21-30)36-23-45(7)22-33(36)39-28(19-41-6)20-42-48(39)31-14-12-29(40)13-15-31;2*1-2/h9-17,20,30,35,41H,1,5,18-19,21-23H2,2-4,6-8H3,(H,43,44);1-2H3;1H3. The number of aryl methyl sites for hydroxylation is 2. The van der Waals surface area contributed by atoms with Crippen LogP contribution in [-0.2, 0) is 6.54 Å². The third-order valence-corrected chi connectivity index (χ3v) is 9.91. The molecule has 0 amide bonds. The number of hydrazine groups is 1. The number of benzene rings is 2. The summed E-state index contributed by atoms with van der Waals surface area (Å²) >= 11 is 0. The SMILES string of the molecule is C=C1C2CC(CN2C2=C(c3c(CNC)cnn3-c3ccc(F)cc3)CN(C)C2)Nc2cccc(n2)-c2cc(C)cc(C)c2N(C(=C)C)N1C.CC.CF. The highest BCUT2D eigenvalue weighted by Crippen LogP contribution is 2.42. The quantitative estimate of drug-likeness (QED) is 0.208. The van der Waals surface area contributed by atoms with Gasteiger partial charge in [0, 0.05) is 67.4 Å². The fraction of sp³-hybridized carbons (Fsp3) is 0.381. The van der Waals surface area contributed by atoms with E-state index in [0.717, 1.165) is 82.7 Å². The molecule has 3 aliphatic heterocycles. The Morgan fingerprint density at radius 3 is 2.43 bits per heavy atom. The van der Waals surface area contributed by atoms with E-state index in [0.29, 0.717) is 13.7 Å². The number of likely N-dealkylation sites (N-methyl/N-ethyl adjacent to an activating group) is 2. The normalized spacial score (nSPS) is 18.3. The molecule has 0 aliphatic carbocycles. The van der Waals surface area contributed by atoms with Gasteiger partial charge in [-0.05, 0) is 89.3 Å². The van der Waals surface area contributed by atoms with E-state index in [2.05, 4.69) is 95.3 Å². The van der Waals surface area contributed by atoms with Crippen molar-refractivity contribution in [1.29, 1.82) is 0 Å². The Bertz CT molecular complexity index is 1970. The zero-order valence-electron chi connectivity index (χ0n) is 32.8. The summed E-state index contributed by atoms with van der Waals surface area (Å²) in [6.45, 7) is 22.6. The lowest BCUT2D eigenvalue weighted by Crippen LogP contribution is -2.45. The number of aromatic nitrogens is 3. The number of anilines is 2. The van der Waals surface area contributed by atoms with Crippen molar-refractivity contribution in [2.24, 2.45) is 0 Å². The number of likely N-dealkylation sites (tertiary alicyclic amines) is 1. The second kappa shape index (κ2) is 16.8. The van der Waals surface area contributed by atoms with Crippen LogP contribution in [0.3, 0.4) is 0 Å². The van der Waals surface area contributed by atoms with E-state index in [-0.39, 0.29) is 17.9 Å². The molecule has 3 aliphatic rings. The summed E-state index contributed by atoms with van der Waals surface area (Å²) in [6, 6.07) is 17.4. The Hall–Kier alpha value is -5.00. The number of pyridine rings is 1. The van der Waals surface area contributed by atoms with E-state index < -0.39 is 0 Å². The summed E-state index contributed by atoms with van der Waals surface area (Å²) in [5.74, 6) is 0.591. The average molecular weight is 724 g/mol. The second-order valence-corrected chi connectivity index (χ2v) is 13.7. The molecular formula is C42H55F2N9. The van der Waals surface area contributed by atoms with Gasteiger partial charge in [-0.15, -0.1) is 0 Å². The van der Waals surface area contributed by atoms with Crippen molar-refractivity contribution in [3.63, 3.8) is 0 Å². The first-order valence-corrected chi connectivity index (χ1v) is 18.3. The number of rotatable bonds is 6. The van der Waals surface area contributed by atoms with Crippen LogP contribution in [-0.4, -0.2) is 89.6 Å². The van der Waals surface area contributed by atoms with Gasteiger partial charge in [0.25, 0.3) is 0 Å². The molecule has 4 bridgehead atoms. The van der Waals surface area contributed by atoms with E-state index >= 15 is 0 Å². The minimum absolute atomic E-state index is 0.00685. The smallest absolute Gasteiger partial charge is 0.126 e. The fourth-order valence-corrected chi connectivity index (χ4v) is 7.85. The second-order valence-electron chi connectivity index (χ2n) is 13.7. The van der Waals surface area contributed by atoms with Crippen molar-refractivity contribution in [3.05, 3.63) is 119 Å². The lowest BCUT2D eigenvalue weighted by molar-refractivity contribution is 0.270. The van der Waals surface area contributed by atoms with Gasteiger partial charge in [0.1, 0.15) is 11.6 Å². The first-order chi connectivity index (χ1) is 25.5. The summed E-state index contributed by atoms with van der Waals surface area (Å²) in [5, 5.41) is 16.4. The number of alkyl halides is 1. The first kappa shape index (κ1) is 39.2. The average Bonchev–Trinajstić information content (AvgIpc) is 3.87. The number of fused-ring (bicyclic) bond motifs is 6. The van der Waals surface area contributed by atoms with E-state index in [1.54, 1.807) is 12.1 Å². The number of halogens is 2. The first-order valence-electron chi connectivity index (χ1n) is 18.3. The topological polar surface area (TPSA) is 67.7 Å². The van der Waals surface area contributed by atoms with E-state index in [4.69, 9.17) is 16.7 Å². The van der Waals surface area contributed by atoms with Gasteiger partial charge >= 0.3 is 0 Å². The summed E-state index contributed by atoms with van der Waals surface area (Å²) in [7, 11) is 6.71. The van der Waals surface area contributed by atoms with Gasteiger partial charge in [-0.25, -0.2) is 14.1 Å². The number of hydrogen-bond acceptors (Lipinski definition) is 8. The Morgan fingerprint density at radius 1 is 1.04 bits per heavy atom. The number of nitrogens with zero attached hydrogens (tertiary/aromatic N) is 7. The lowest BCUT2D eigenvalue weighted by Gasteiger charge is -2.42. The number of nitrogens with one attached hydrogen (secondary N) is 2. The molecule has 0 saturated carbocycles. The molecule has 0 radical (unpaired) electrons. The maximum atomic E-state index is 14.0. The predicted octanol–water partition coefficient (Wildman–Crippen LogP) is 7.95. The van der Waals surface area contributed by atoms with Gasteiger partial charge < -0.3 is 15.5 Å². The molecule has 282 valence electrons. The zero-order chi connectivity index (χ0) is 38.6. The summed E-state index contributed by atoms with van der Waals surface area (Å²) in [6.07, 6.45) is 2.77. The van der Waals surface area contributed by atoms with Gasteiger partial charge in [0.05, 0.1) is 47.9 Å².